The van der Waals surface area contributed by atoms with Crippen molar-refractivity contribution in [2.24, 2.45) is 5.92 Å². The standard InChI is InChI=1S/C18H26N2O3/c1-14-8-11-20(12-9-14)18(22)13-17(21)19-10-7-15-3-5-16(23-2)6-4-15/h3-6,14H,7-13H2,1-2H3,(H,19,21). The summed E-state index contributed by atoms with van der Waals surface area (Å²) in [4.78, 5) is 25.8. The zero-order valence-electron chi connectivity index (χ0n) is 14.0. The van der Waals surface area contributed by atoms with Gasteiger partial charge >= 0.3 is 0 Å². The summed E-state index contributed by atoms with van der Waals surface area (Å²) in [5.74, 6) is 1.25. The molecule has 5 heteroatoms. The first-order chi connectivity index (χ1) is 11.1. The summed E-state index contributed by atoms with van der Waals surface area (Å²) in [5, 5.41) is 2.82. The Morgan fingerprint density at radius 1 is 1.22 bits per heavy atom. The van der Waals surface area contributed by atoms with Gasteiger partial charge in [-0.15, -0.1) is 0 Å². The number of nitrogens with zero attached hydrogens (tertiary/aromatic N) is 1. The van der Waals surface area contributed by atoms with E-state index in [0.717, 1.165) is 43.7 Å². The average Bonchev–Trinajstić information content (AvgIpc) is 2.56. The number of amides is 2. The lowest BCUT2D eigenvalue weighted by molar-refractivity contribution is -0.137. The molecule has 1 aliphatic heterocycles. The number of benzene rings is 1. The van der Waals surface area contributed by atoms with Gasteiger partial charge in [-0.05, 0) is 42.9 Å². The third-order valence-electron chi connectivity index (χ3n) is 4.34. The fourth-order valence-electron chi connectivity index (χ4n) is 2.71. The second-order valence-corrected chi connectivity index (χ2v) is 6.19. The highest BCUT2D eigenvalue weighted by Crippen LogP contribution is 2.16. The zero-order chi connectivity index (χ0) is 16.7. The molecule has 126 valence electrons. The molecule has 0 aromatic heterocycles. The van der Waals surface area contributed by atoms with Gasteiger partial charge in [0.2, 0.25) is 11.8 Å². The van der Waals surface area contributed by atoms with Gasteiger partial charge in [0.15, 0.2) is 0 Å². The fourth-order valence-corrected chi connectivity index (χ4v) is 2.71. The van der Waals surface area contributed by atoms with Crippen LogP contribution >= 0.6 is 0 Å². The summed E-state index contributed by atoms with van der Waals surface area (Å²) in [7, 11) is 1.63. The van der Waals surface area contributed by atoms with Gasteiger partial charge in [-0.25, -0.2) is 0 Å². The zero-order valence-corrected chi connectivity index (χ0v) is 14.0. The Morgan fingerprint density at radius 3 is 2.48 bits per heavy atom. The second-order valence-electron chi connectivity index (χ2n) is 6.19. The Kier molecular flexibility index (Phi) is 6.44. The van der Waals surface area contributed by atoms with Crippen molar-refractivity contribution in [3.05, 3.63) is 29.8 Å². The summed E-state index contributed by atoms with van der Waals surface area (Å²) in [6.45, 7) is 4.29. The number of rotatable bonds is 6. The van der Waals surface area contributed by atoms with Crippen molar-refractivity contribution < 1.29 is 14.3 Å². The summed E-state index contributed by atoms with van der Waals surface area (Å²) < 4.78 is 5.11. The van der Waals surface area contributed by atoms with Crippen molar-refractivity contribution in [3.8, 4) is 5.75 Å². The van der Waals surface area contributed by atoms with Crippen LogP contribution in [0.2, 0.25) is 0 Å². The van der Waals surface area contributed by atoms with Crippen molar-refractivity contribution >= 4 is 11.8 Å². The monoisotopic (exact) mass is 318 g/mol. The Balaban J connectivity index is 1.67. The van der Waals surface area contributed by atoms with Crippen molar-refractivity contribution in [2.45, 2.75) is 32.6 Å². The van der Waals surface area contributed by atoms with Gasteiger partial charge in [0, 0.05) is 19.6 Å². The molecule has 0 saturated carbocycles. The average molecular weight is 318 g/mol. The van der Waals surface area contributed by atoms with Gasteiger partial charge in [-0.3, -0.25) is 9.59 Å². The van der Waals surface area contributed by atoms with Crippen LogP contribution in [-0.4, -0.2) is 43.5 Å². The highest BCUT2D eigenvalue weighted by atomic mass is 16.5. The molecule has 0 atom stereocenters. The topological polar surface area (TPSA) is 58.6 Å². The van der Waals surface area contributed by atoms with E-state index < -0.39 is 0 Å². The minimum absolute atomic E-state index is 0.0446. The third kappa shape index (κ3) is 5.58. The first kappa shape index (κ1) is 17.3. The van der Waals surface area contributed by atoms with Gasteiger partial charge < -0.3 is 15.0 Å². The number of ether oxygens (including phenoxy) is 1. The normalized spacial score (nSPS) is 15.3. The number of hydrogen-bond acceptors (Lipinski definition) is 3. The first-order valence-corrected chi connectivity index (χ1v) is 8.26. The molecule has 1 saturated heterocycles. The van der Waals surface area contributed by atoms with E-state index in [2.05, 4.69) is 12.2 Å². The van der Waals surface area contributed by atoms with E-state index >= 15 is 0 Å². The van der Waals surface area contributed by atoms with E-state index in [-0.39, 0.29) is 18.2 Å². The SMILES string of the molecule is COc1ccc(CCNC(=O)CC(=O)N2CCC(C)CC2)cc1. The summed E-state index contributed by atoms with van der Waals surface area (Å²) >= 11 is 0. The van der Waals surface area contributed by atoms with Crippen LogP contribution in [-0.2, 0) is 16.0 Å². The van der Waals surface area contributed by atoms with Gasteiger partial charge in [0.25, 0.3) is 0 Å². The molecule has 0 unspecified atom stereocenters. The first-order valence-electron chi connectivity index (χ1n) is 8.26. The predicted octanol–water partition coefficient (Wildman–Crippen LogP) is 2.00. The number of hydrogen-bond donors (Lipinski definition) is 1. The largest absolute Gasteiger partial charge is 0.497 e. The Hall–Kier alpha value is -2.04. The highest BCUT2D eigenvalue weighted by Gasteiger charge is 2.21. The summed E-state index contributed by atoms with van der Waals surface area (Å²) in [6, 6.07) is 7.76. The van der Waals surface area contributed by atoms with Crippen LogP contribution in [0.15, 0.2) is 24.3 Å². The molecule has 0 radical (unpaired) electrons. The third-order valence-corrected chi connectivity index (χ3v) is 4.34. The minimum Gasteiger partial charge on any atom is -0.497 e. The molecule has 2 rings (SSSR count). The molecule has 1 N–H and O–H groups in total. The van der Waals surface area contributed by atoms with Crippen molar-refractivity contribution in [1.29, 1.82) is 0 Å². The lowest BCUT2D eigenvalue weighted by Crippen LogP contribution is -2.40. The number of nitrogens with one attached hydrogen (secondary N) is 1. The predicted molar refractivity (Wildman–Crippen MR) is 89.3 cm³/mol. The summed E-state index contributed by atoms with van der Waals surface area (Å²) in [5.41, 5.74) is 1.13. The molecular formula is C18H26N2O3. The molecule has 0 bridgehead atoms. The molecule has 23 heavy (non-hydrogen) atoms. The van der Waals surface area contributed by atoms with Crippen LogP contribution in [0.5, 0.6) is 5.75 Å². The van der Waals surface area contributed by atoms with Gasteiger partial charge in [-0.2, -0.15) is 0 Å². The number of carbonyl (C=O) groups is 2. The Morgan fingerprint density at radius 2 is 1.87 bits per heavy atom. The van der Waals surface area contributed by atoms with Crippen molar-refractivity contribution in [2.75, 3.05) is 26.7 Å². The maximum Gasteiger partial charge on any atom is 0.232 e. The maximum atomic E-state index is 12.1. The lowest BCUT2D eigenvalue weighted by Gasteiger charge is -2.30. The Bertz CT molecular complexity index is 520. The van der Waals surface area contributed by atoms with Gasteiger partial charge in [0.1, 0.15) is 12.2 Å². The number of piperidine rings is 1. The van der Waals surface area contributed by atoms with E-state index in [0.29, 0.717) is 12.5 Å². The maximum absolute atomic E-state index is 12.1. The Labute approximate surface area is 138 Å². The van der Waals surface area contributed by atoms with Crippen molar-refractivity contribution in [1.82, 2.24) is 10.2 Å². The molecule has 1 heterocycles. The molecular weight excluding hydrogens is 292 g/mol. The molecule has 1 fully saturated rings. The molecule has 5 nitrogen and oxygen atoms in total. The van der Waals surface area contributed by atoms with Crippen LogP contribution in [0.25, 0.3) is 0 Å². The summed E-state index contributed by atoms with van der Waals surface area (Å²) in [6.07, 6.45) is 2.76. The molecule has 1 aliphatic rings. The van der Waals surface area contributed by atoms with Crippen LogP contribution in [0.3, 0.4) is 0 Å². The van der Waals surface area contributed by atoms with Crippen LogP contribution in [0.1, 0.15) is 31.7 Å². The minimum atomic E-state index is -0.192. The molecule has 0 spiro atoms. The van der Waals surface area contributed by atoms with E-state index in [1.54, 1.807) is 7.11 Å². The second kappa shape index (κ2) is 8.56. The lowest BCUT2D eigenvalue weighted by atomic mass is 9.99. The van der Waals surface area contributed by atoms with Crippen molar-refractivity contribution in [3.63, 3.8) is 0 Å². The number of methoxy groups -OCH3 is 1. The van der Waals surface area contributed by atoms with E-state index in [1.807, 2.05) is 29.2 Å². The molecule has 0 aliphatic carbocycles. The molecule has 1 aromatic rings. The fraction of sp³-hybridized carbons (Fsp3) is 0.556. The number of carbonyl (C=O) groups excluding carboxylic acids is 2. The quantitative estimate of drug-likeness (QED) is 0.816. The molecule has 2 amide bonds. The van der Waals surface area contributed by atoms with E-state index in [1.165, 1.54) is 0 Å². The van der Waals surface area contributed by atoms with Crippen LogP contribution in [0.4, 0.5) is 0 Å². The van der Waals surface area contributed by atoms with Crippen LogP contribution in [0, 0.1) is 5.92 Å². The van der Waals surface area contributed by atoms with Gasteiger partial charge in [0.05, 0.1) is 7.11 Å². The smallest absolute Gasteiger partial charge is 0.232 e. The van der Waals surface area contributed by atoms with Crippen LogP contribution < -0.4 is 10.1 Å². The number of likely N-dealkylation sites (tertiary alicyclic amines) is 1. The van der Waals surface area contributed by atoms with Gasteiger partial charge in [-0.1, -0.05) is 19.1 Å². The molecule has 1 aromatic carbocycles. The van der Waals surface area contributed by atoms with E-state index in [9.17, 15) is 9.59 Å². The van der Waals surface area contributed by atoms with E-state index in [4.69, 9.17) is 4.74 Å². The highest BCUT2D eigenvalue weighted by molar-refractivity contribution is 5.96.